The number of anilines is 1. The Morgan fingerprint density at radius 2 is 2.33 bits per heavy atom. The molecule has 0 radical (unpaired) electrons. The quantitative estimate of drug-likeness (QED) is 0.421. The summed E-state index contributed by atoms with van der Waals surface area (Å²) >= 11 is 0. The van der Waals surface area contributed by atoms with Gasteiger partial charge >= 0.3 is 6.47 Å². The molecule has 0 aliphatic carbocycles. The number of carbonyl (C=O) groups is 1. The van der Waals surface area contributed by atoms with Crippen LogP contribution in [0.5, 0.6) is 0 Å². The number of rotatable bonds is 3. The standard InChI is InChI=1S/C9H8N2O4/c12-6-15-10-5-4-7-2-1-3-8(9(7)10)11(13)14/h1-3,6H,4-5H2. The first-order valence-corrected chi connectivity index (χ1v) is 4.38. The van der Waals surface area contributed by atoms with E-state index in [-0.39, 0.29) is 12.2 Å². The van der Waals surface area contributed by atoms with Gasteiger partial charge in [0.25, 0.3) is 5.69 Å². The first-order valence-electron chi connectivity index (χ1n) is 4.38. The van der Waals surface area contributed by atoms with Crippen LogP contribution in [-0.4, -0.2) is 17.9 Å². The molecule has 0 fully saturated rings. The van der Waals surface area contributed by atoms with Crippen LogP contribution in [0.25, 0.3) is 0 Å². The summed E-state index contributed by atoms with van der Waals surface area (Å²) in [5, 5.41) is 12.0. The number of para-hydroxylation sites is 1. The maximum absolute atomic E-state index is 10.7. The van der Waals surface area contributed by atoms with Crippen molar-refractivity contribution >= 4 is 17.8 Å². The molecule has 1 heterocycles. The summed E-state index contributed by atoms with van der Waals surface area (Å²) in [6, 6.07) is 4.81. The molecule has 0 aromatic heterocycles. The van der Waals surface area contributed by atoms with E-state index in [9.17, 15) is 14.9 Å². The summed E-state index contributed by atoms with van der Waals surface area (Å²) in [5.41, 5.74) is 1.17. The van der Waals surface area contributed by atoms with Crippen LogP contribution in [0.15, 0.2) is 18.2 Å². The van der Waals surface area contributed by atoms with E-state index in [1.807, 2.05) is 0 Å². The van der Waals surface area contributed by atoms with E-state index in [1.54, 1.807) is 12.1 Å². The number of hydrogen-bond donors (Lipinski definition) is 0. The molecule has 0 bridgehead atoms. The molecule has 0 unspecified atom stereocenters. The first-order chi connectivity index (χ1) is 7.24. The normalized spacial score (nSPS) is 13.5. The number of fused-ring (bicyclic) bond motifs is 1. The minimum Gasteiger partial charge on any atom is -0.344 e. The predicted molar refractivity (Wildman–Crippen MR) is 51.3 cm³/mol. The van der Waals surface area contributed by atoms with Gasteiger partial charge in [-0.25, -0.2) is 0 Å². The Bertz CT molecular complexity index is 419. The first kappa shape index (κ1) is 9.45. The molecule has 0 amide bonds. The van der Waals surface area contributed by atoms with Crippen molar-refractivity contribution in [2.24, 2.45) is 0 Å². The van der Waals surface area contributed by atoms with Gasteiger partial charge in [-0.2, -0.15) is 5.06 Å². The lowest BCUT2D eigenvalue weighted by Gasteiger charge is -2.14. The SMILES string of the molecule is O=CON1CCc2cccc([N+](=O)[O-])c21. The maximum Gasteiger partial charge on any atom is 0.320 e. The van der Waals surface area contributed by atoms with Gasteiger partial charge in [0.15, 0.2) is 5.69 Å². The third-order valence-corrected chi connectivity index (χ3v) is 2.30. The number of benzene rings is 1. The molecular weight excluding hydrogens is 200 g/mol. The highest BCUT2D eigenvalue weighted by atomic mass is 16.7. The number of carbonyl (C=O) groups excluding carboxylic acids is 1. The van der Waals surface area contributed by atoms with Crippen molar-refractivity contribution in [3.63, 3.8) is 0 Å². The van der Waals surface area contributed by atoms with Gasteiger partial charge in [0.1, 0.15) is 0 Å². The summed E-state index contributed by atoms with van der Waals surface area (Å²) in [7, 11) is 0. The number of nitrogens with zero attached hydrogens (tertiary/aromatic N) is 2. The fraction of sp³-hybridized carbons (Fsp3) is 0.222. The molecule has 1 aliphatic heterocycles. The number of hydroxylamine groups is 1. The molecule has 6 heteroatoms. The Morgan fingerprint density at radius 1 is 1.53 bits per heavy atom. The largest absolute Gasteiger partial charge is 0.344 e. The zero-order valence-corrected chi connectivity index (χ0v) is 7.75. The summed E-state index contributed by atoms with van der Waals surface area (Å²) in [6.45, 7) is 0.727. The van der Waals surface area contributed by atoms with E-state index in [1.165, 1.54) is 11.1 Å². The third kappa shape index (κ3) is 1.50. The Morgan fingerprint density at radius 3 is 3.00 bits per heavy atom. The van der Waals surface area contributed by atoms with Crippen LogP contribution >= 0.6 is 0 Å². The minimum atomic E-state index is -0.481. The molecule has 2 rings (SSSR count). The van der Waals surface area contributed by atoms with Crippen LogP contribution in [0.3, 0.4) is 0 Å². The summed E-state index contributed by atoms with van der Waals surface area (Å²) in [6.07, 6.45) is 0.644. The fourth-order valence-electron chi connectivity index (χ4n) is 1.71. The average Bonchev–Trinajstić information content (AvgIpc) is 2.62. The number of hydrogen-bond acceptors (Lipinski definition) is 5. The summed E-state index contributed by atoms with van der Waals surface area (Å²) in [5.74, 6) is 0. The van der Waals surface area contributed by atoms with Crippen LogP contribution < -0.4 is 5.06 Å². The van der Waals surface area contributed by atoms with Crippen LogP contribution in [0.1, 0.15) is 5.56 Å². The summed E-state index contributed by atoms with van der Waals surface area (Å²) < 4.78 is 0. The molecule has 0 N–H and O–H groups in total. The topological polar surface area (TPSA) is 72.7 Å². The maximum atomic E-state index is 10.7. The van der Waals surface area contributed by atoms with E-state index < -0.39 is 4.92 Å². The molecule has 6 nitrogen and oxygen atoms in total. The van der Waals surface area contributed by atoms with Crippen LogP contribution in [0.4, 0.5) is 11.4 Å². The van der Waals surface area contributed by atoms with Crippen molar-refractivity contribution in [1.29, 1.82) is 0 Å². The van der Waals surface area contributed by atoms with Crippen molar-refractivity contribution in [1.82, 2.24) is 0 Å². The van der Waals surface area contributed by atoms with E-state index in [0.717, 1.165) is 5.56 Å². The highest BCUT2D eigenvalue weighted by Crippen LogP contribution is 2.36. The lowest BCUT2D eigenvalue weighted by molar-refractivity contribution is -0.384. The second-order valence-electron chi connectivity index (χ2n) is 3.10. The van der Waals surface area contributed by atoms with Gasteiger partial charge < -0.3 is 4.84 Å². The van der Waals surface area contributed by atoms with E-state index in [4.69, 9.17) is 0 Å². The van der Waals surface area contributed by atoms with Gasteiger partial charge in [0.05, 0.1) is 11.5 Å². The molecular formula is C9H8N2O4. The zero-order valence-electron chi connectivity index (χ0n) is 7.75. The van der Waals surface area contributed by atoms with Crippen molar-refractivity contribution in [2.45, 2.75) is 6.42 Å². The second-order valence-corrected chi connectivity index (χ2v) is 3.10. The molecule has 0 saturated heterocycles. The fourth-order valence-corrected chi connectivity index (χ4v) is 1.71. The molecule has 15 heavy (non-hydrogen) atoms. The number of nitro benzene ring substituents is 1. The lowest BCUT2D eigenvalue weighted by Crippen LogP contribution is -2.20. The van der Waals surface area contributed by atoms with Gasteiger partial charge in [-0.15, -0.1) is 0 Å². The van der Waals surface area contributed by atoms with Crippen LogP contribution in [0.2, 0.25) is 0 Å². The van der Waals surface area contributed by atoms with E-state index >= 15 is 0 Å². The smallest absolute Gasteiger partial charge is 0.320 e. The molecule has 78 valence electrons. The highest BCUT2D eigenvalue weighted by Gasteiger charge is 2.29. The zero-order chi connectivity index (χ0) is 10.8. The van der Waals surface area contributed by atoms with E-state index in [2.05, 4.69) is 4.84 Å². The molecule has 1 aliphatic rings. The van der Waals surface area contributed by atoms with E-state index in [0.29, 0.717) is 18.7 Å². The Labute approximate surface area is 85.2 Å². The molecule has 1 aromatic carbocycles. The van der Waals surface area contributed by atoms with Crippen molar-refractivity contribution < 1.29 is 14.6 Å². The van der Waals surface area contributed by atoms with Gasteiger partial charge in [-0.1, -0.05) is 12.1 Å². The predicted octanol–water partition coefficient (Wildman–Crippen LogP) is 1.05. The minimum absolute atomic E-state index is 0.0353. The van der Waals surface area contributed by atoms with Crippen molar-refractivity contribution in [3.05, 3.63) is 33.9 Å². The van der Waals surface area contributed by atoms with Crippen molar-refractivity contribution in [3.8, 4) is 0 Å². The lowest BCUT2D eigenvalue weighted by atomic mass is 10.1. The molecule has 0 spiro atoms. The third-order valence-electron chi connectivity index (χ3n) is 2.30. The Kier molecular flexibility index (Phi) is 2.24. The molecule has 0 atom stereocenters. The van der Waals surface area contributed by atoms with Gasteiger partial charge in [0, 0.05) is 6.07 Å². The Balaban J connectivity index is 2.48. The Hall–Kier alpha value is -2.11. The molecule has 1 aromatic rings. The monoisotopic (exact) mass is 208 g/mol. The number of nitro groups is 1. The summed E-state index contributed by atoms with van der Waals surface area (Å²) in [4.78, 5) is 25.2. The van der Waals surface area contributed by atoms with Gasteiger partial charge in [-0.05, 0) is 12.0 Å². The molecule has 0 saturated carbocycles. The van der Waals surface area contributed by atoms with Gasteiger partial charge in [0.2, 0.25) is 0 Å². The van der Waals surface area contributed by atoms with Gasteiger partial charge in [-0.3, -0.25) is 14.9 Å². The second kappa shape index (κ2) is 3.56. The van der Waals surface area contributed by atoms with Crippen LogP contribution in [-0.2, 0) is 16.1 Å². The average molecular weight is 208 g/mol. The van der Waals surface area contributed by atoms with Crippen molar-refractivity contribution in [2.75, 3.05) is 11.6 Å². The van der Waals surface area contributed by atoms with Crippen LogP contribution in [0, 0.1) is 10.1 Å². The highest BCUT2D eigenvalue weighted by molar-refractivity contribution is 5.70.